The van der Waals surface area contributed by atoms with Crippen molar-refractivity contribution in [1.29, 1.82) is 0 Å². The number of nitrogens with zero attached hydrogens (tertiary/aromatic N) is 2. The summed E-state index contributed by atoms with van der Waals surface area (Å²) < 4.78 is 37.7. The maximum absolute atomic E-state index is 12.6. The number of H-pyrrole nitrogens is 1. The number of halogens is 3. The van der Waals surface area contributed by atoms with Crippen LogP contribution in [0.15, 0.2) is 6.07 Å². The first-order chi connectivity index (χ1) is 10.8. The molecular formula is C13H17F3N4O3. The molecule has 3 N–H and O–H groups in total. The number of carboxylic acid groups (broad SMARTS) is 1. The molecule has 0 spiro atoms. The van der Waals surface area contributed by atoms with E-state index < -0.39 is 30.3 Å². The van der Waals surface area contributed by atoms with Crippen molar-refractivity contribution in [2.45, 2.75) is 24.9 Å². The largest absolute Gasteiger partial charge is 0.480 e. The van der Waals surface area contributed by atoms with Crippen molar-refractivity contribution in [1.82, 2.24) is 20.4 Å². The van der Waals surface area contributed by atoms with Crippen molar-refractivity contribution in [3.63, 3.8) is 0 Å². The Labute approximate surface area is 129 Å². The zero-order valence-electron chi connectivity index (χ0n) is 12.2. The molecule has 2 rings (SSSR count). The number of carbonyl (C=O) groups excluding carboxylic acids is 1. The van der Waals surface area contributed by atoms with Crippen molar-refractivity contribution in [2.24, 2.45) is 0 Å². The molecule has 1 fully saturated rings. The number of likely N-dealkylation sites (tertiary alicyclic amines) is 1. The Morgan fingerprint density at radius 3 is 2.83 bits per heavy atom. The van der Waals surface area contributed by atoms with Crippen LogP contribution >= 0.6 is 0 Å². The van der Waals surface area contributed by atoms with E-state index in [9.17, 15) is 22.8 Å². The van der Waals surface area contributed by atoms with E-state index in [1.165, 1.54) is 0 Å². The summed E-state index contributed by atoms with van der Waals surface area (Å²) in [6.07, 6.45) is -3.05. The van der Waals surface area contributed by atoms with Crippen LogP contribution in [0.1, 0.15) is 30.1 Å². The molecule has 1 amide bonds. The number of amides is 1. The average molecular weight is 334 g/mol. The van der Waals surface area contributed by atoms with Crippen LogP contribution in [0.5, 0.6) is 0 Å². The van der Waals surface area contributed by atoms with Crippen LogP contribution in [-0.4, -0.2) is 58.3 Å². The van der Waals surface area contributed by atoms with Crippen molar-refractivity contribution < 1.29 is 27.9 Å². The second-order valence-corrected chi connectivity index (χ2v) is 5.45. The molecule has 0 aromatic carbocycles. The fraction of sp³-hybridized carbons (Fsp3) is 0.615. The van der Waals surface area contributed by atoms with Gasteiger partial charge in [0.2, 0.25) is 5.91 Å². The third-order valence-corrected chi connectivity index (χ3v) is 3.64. The fourth-order valence-corrected chi connectivity index (χ4v) is 2.58. The zero-order chi connectivity index (χ0) is 17.0. The van der Waals surface area contributed by atoms with Crippen LogP contribution in [0, 0.1) is 0 Å². The van der Waals surface area contributed by atoms with E-state index >= 15 is 0 Å². The number of hydrogen-bond donors (Lipinski definition) is 3. The SMILES string of the molecule is O=C(O)CNC(=O)CN1CCCC(c2cc(C(F)(F)F)n[nH]2)C1. The monoisotopic (exact) mass is 334 g/mol. The Kier molecular flexibility index (Phi) is 5.24. The molecule has 1 aliphatic heterocycles. The van der Waals surface area contributed by atoms with E-state index in [1.807, 2.05) is 0 Å². The van der Waals surface area contributed by atoms with Crippen molar-refractivity contribution >= 4 is 11.9 Å². The lowest BCUT2D eigenvalue weighted by atomic mass is 9.94. The van der Waals surface area contributed by atoms with E-state index in [1.54, 1.807) is 4.90 Å². The van der Waals surface area contributed by atoms with Gasteiger partial charge in [-0.25, -0.2) is 0 Å². The zero-order valence-corrected chi connectivity index (χ0v) is 12.2. The number of hydrogen-bond acceptors (Lipinski definition) is 4. The Bertz CT molecular complexity index is 573. The Morgan fingerprint density at radius 2 is 2.22 bits per heavy atom. The predicted octanol–water partition coefficient (Wildman–Crippen LogP) is 0.809. The molecule has 2 heterocycles. The van der Waals surface area contributed by atoms with E-state index in [2.05, 4.69) is 15.5 Å². The minimum absolute atomic E-state index is 0.0179. The van der Waals surface area contributed by atoms with Gasteiger partial charge in [0.25, 0.3) is 0 Å². The van der Waals surface area contributed by atoms with E-state index in [4.69, 9.17) is 5.11 Å². The van der Waals surface area contributed by atoms with Gasteiger partial charge in [-0.1, -0.05) is 0 Å². The number of piperidine rings is 1. The second kappa shape index (κ2) is 6.99. The summed E-state index contributed by atoms with van der Waals surface area (Å²) in [5.74, 6) is -1.72. The number of carboxylic acids is 1. The summed E-state index contributed by atoms with van der Waals surface area (Å²) in [5.41, 5.74) is -0.559. The van der Waals surface area contributed by atoms with E-state index in [0.29, 0.717) is 25.2 Å². The lowest BCUT2D eigenvalue weighted by Crippen LogP contribution is -2.43. The normalized spacial score (nSPS) is 19.5. The van der Waals surface area contributed by atoms with E-state index in [-0.39, 0.29) is 12.5 Å². The predicted molar refractivity (Wildman–Crippen MR) is 72.7 cm³/mol. The van der Waals surface area contributed by atoms with Crippen molar-refractivity contribution in [3.05, 3.63) is 17.5 Å². The first-order valence-corrected chi connectivity index (χ1v) is 7.09. The highest BCUT2D eigenvalue weighted by atomic mass is 19.4. The molecule has 0 radical (unpaired) electrons. The van der Waals surface area contributed by atoms with Gasteiger partial charge in [-0.3, -0.25) is 19.6 Å². The number of rotatable bonds is 5. The number of aliphatic carboxylic acids is 1. The van der Waals surface area contributed by atoms with Crippen LogP contribution < -0.4 is 5.32 Å². The van der Waals surface area contributed by atoms with E-state index in [0.717, 1.165) is 12.5 Å². The first-order valence-electron chi connectivity index (χ1n) is 7.09. The number of nitrogens with one attached hydrogen (secondary N) is 2. The Morgan fingerprint density at radius 1 is 1.48 bits per heavy atom. The molecule has 128 valence electrons. The smallest absolute Gasteiger partial charge is 0.435 e. The van der Waals surface area contributed by atoms with Crippen LogP contribution in [0.2, 0.25) is 0 Å². The molecule has 1 aromatic rings. The summed E-state index contributed by atoms with van der Waals surface area (Å²) >= 11 is 0. The van der Waals surface area contributed by atoms with Crippen molar-refractivity contribution in [3.8, 4) is 0 Å². The highest BCUT2D eigenvalue weighted by molar-refractivity contribution is 5.82. The van der Waals surface area contributed by atoms with Gasteiger partial charge >= 0.3 is 12.1 Å². The molecule has 23 heavy (non-hydrogen) atoms. The summed E-state index contributed by atoms with van der Waals surface area (Å²) in [7, 11) is 0. The molecule has 1 aromatic heterocycles. The third kappa shape index (κ3) is 4.95. The van der Waals surface area contributed by atoms with Gasteiger partial charge < -0.3 is 10.4 Å². The molecule has 1 saturated heterocycles. The van der Waals surface area contributed by atoms with Crippen LogP contribution in [0.4, 0.5) is 13.2 Å². The number of aromatic nitrogens is 2. The quantitative estimate of drug-likeness (QED) is 0.740. The minimum Gasteiger partial charge on any atom is -0.480 e. The number of alkyl halides is 3. The lowest BCUT2D eigenvalue weighted by Gasteiger charge is -2.31. The standard InChI is InChI=1S/C13H17F3N4O3/c14-13(15,16)10-4-9(18-19-10)8-2-1-3-20(6-8)7-11(21)17-5-12(22)23/h4,8H,1-3,5-7H2,(H,17,21)(H,18,19)(H,22,23). The first kappa shape index (κ1) is 17.3. The molecular weight excluding hydrogens is 317 g/mol. The average Bonchev–Trinajstić information content (AvgIpc) is 2.95. The molecule has 0 saturated carbocycles. The van der Waals surface area contributed by atoms with Gasteiger partial charge in [0.15, 0.2) is 5.69 Å². The van der Waals surface area contributed by atoms with Crippen LogP contribution in [0.25, 0.3) is 0 Å². The summed E-state index contributed by atoms with van der Waals surface area (Å²) in [6, 6.07) is 0.999. The second-order valence-electron chi connectivity index (χ2n) is 5.45. The Hall–Kier alpha value is -2.10. The van der Waals surface area contributed by atoms with Crippen LogP contribution in [0.3, 0.4) is 0 Å². The summed E-state index contributed by atoms with van der Waals surface area (Å²) in [4.78, 5) is 23.8. The fourth-order valence-electron chi connectivity index (χ4n) is 2.58. The third-order valence-electron chi connectivity index (χ3n) is 3.64. The number of aromatic amines is 1. The highest BCUT2D eigenvalue weighted by Gasteiger charge is 2.35. The molecule has 0 aliphatic carbocycles. The highest BCUT2D eigenvalue weighted by Crippen LogP contribution is 2.31. The topological polar surface area (TPSA) is 98.3 Å². The van der Waals surface area contributed by atoms with Gasteiger partial charge in [0.05, 0.1) is 6.54 Å². The maximum atomic E-state index is 12.6. The van der Waals surface area contributed by atoms with Gasteiger partial charge in [-0.05, 0) is 25.5 Å². The van der Waals surface area contributed by atoms with Gasteiger partial charge in [0, 0.05) is 18.2 Å². The van der Waals surface area contributed by atoms with Gasteiger partial charge in [0.1, 0.15) is 6.54 Å². The van der Waals surface area contributed by atoms with Gasteiger partial charge in [-0.15, -0.1) is 0 Å². The minimum atomic E-state index is -4.49. The molecule has 10 heteroatoms. The summed E-state index contributed by atoms with van der Waals surface area (Å²) in [6.45, 7) is 0.618. The molecule has 1 unspecified atom stereocenters. The van der Waals surface area contributed by atoms with Crippen LogP contribution in [-0.2, 0) is 15.8 Å². The van der Waals surface area contributed by atoms with Crippen molar-refractivity contribution in [2.75, 3.05) is 26.2 Å². The molecule has 0 bridgehead atoms. The molecule has 7 nitrogen and oxygen atoms in total. The summed E-state index contributed by atoms with van der Waals surface area (Å²) in [5, 5.41) is 16.5. The molecule has 1 aliphatic rings. The maximum Gasteiger partial charge on any atom is 0.435 e. The Balaban J connectivity index is 1.91. The molecule has 1 atom stereocenters. The van der Waals surface area contributed by atoms with Gasteiger partial charge in [-0.2, -0.15) is 18.3 Å². The number of carbonyl (C=O) groups is 2. The lowest BCUT2D eigenvalue weighted by molar-refractivity contribution is -0.141.